The molecule has 1 saturated heterocycles. The van der Waals surface area contributed by atoms with Gasteiger partial charge in [-0.15, -0.1) is 0 Å². The number of nitrogens with zero attached hydrogens (tertiary/aromatic N) is 1. The molecule has 1 aliphatic carbocycles. The van der Waals surface area contributed by atoms with Crippen LogP contribution in [0, 0.1) is 5.92 Å². The number of carbonyl (C=O) groups is 2. The predicted molar refractivity (Wildman–Crippen MR) is 65.2 cm³/mol. The number of amides is 1. The van der Waals surface area contributed by atoms with Gasteiger partial charge in [-0.25, -0.2) is 9.59 Å². The summed E-state index contributed by atoms with van der Waals surface area (Å²) in [6.07, 6.45) is 2.57. The lowest BCUT2D eigenvalue weighted by Gasteiger charge is -2.28. The summed E-state index contributed by atoms with van der Waals surface area (Å²) in [5.74, 6) is -0.0714. The topological polar surface area (TPSA) is 66.8 Å². The molecule has 0 radical (unpaired) electrons. The molecule has 1 N–H and O–H groups in total. The van der Waals surface area contributed by atoms with Gasteiger partial charge in [-0.05, 0) is 46.0 Å². The van der Waals surface area contributed by atoms with Crippen molar-refractivity contribution in [2.24, 2.45) is 5.92 Å². The van der Waals surface area contributed by atoms with Crippen LogP contribution in [-0.2, 0) is 9.53 Å². The summed E-state index contributed by atoms with van der Waals surface area (Å²) in [5.41, 5.74) is -0.570. The van der Waals surface area contributed by atoms with Gasteiger partial charge in [-0.1, -0.05) is 6.42 Å². The Labute approximate surface area is 107 Å². The first-order chi connectivity index (χ1) is 8.29. The molecule has 102 valence electrons. The van der Waals surface area contributed by atoms with Gasteiger partial charge in [-0.3, -0.25) is 4.90 Å². The SMILES string of the molecule is CC(C)(C)OC(=O)C1C[C@H]2CCC[C@@H]2N1C(=O)O. The molecule has 2 aliphatic rings. The maximum atomic E-state index is 12.1. The molecule has 1 saturated carbocycles. The van der Waals surface area contributed by atoms with E-state index in [2.05, 4.69) is 0 Å². The molecule has 5 heteroatoms. The Kier molecular flexibility index (Phi) is 3.25. The van der Waals surface area contributed by atoms with Crippen molar-refractivity contribution in [3.63, 3.8) is 0 Å². The Morgan fingerprint density at radius 3 is 2.50 bits per heavy atom. The molecular formula is C13H21NO4. The normalized spacial score (nSPS) is 31.3. The third-order valence-electron chi connectivity index (χ3n) is 3.74. The molecule has 18 heavy (non-hydrogen) atoms. The van der Waals surface area contributed by atoms with E-state index in [1.807, 2.05) is 0 Å². The lowest BCUT2D eigenvalue weighted by atomic mass is 10.0. The van der Waals surface area contributed by atoms with Crippen molar-refractivity contribution in [2.75, 3.05) is 0 Å². The van der Waals surface area contributed by atoms with E-state index < -0.39 is 23.7 Å². The zero-order valence-corrected chi connectivity index (χ0v) is 11.2. The number of hydrogen-bond donors (Lipinski definition) is 1. The number of fused-ring (bicyclic) bond motifs is 1. The quantitative estimate of drug-likeness (QED) is 0.730. The first kappa shape index (κ1) is 13.2. The van der Waals surface area contributed by atoms with Crippen molar-refractivity contribution in [2.45, 2.75) is 64.1 Å². The average molecular weight is 255 g/mol. The molecule has 0 spiro atoms. The van der Waals surface area contributed by atoms with Crippen LogP contribution in [-0.4, -0.2) is 39.8 Å². The molecule has 1 unspecified atom stereocenters. The molecule has 0 aromatic heterocycles. The molecule has 1 amide bonds. The van der Waals surface area contributed by atoms with E-state index >= 15 is 0 Å². The number of carbonyl (C=O) groups excluding carboxylic acids is 1. The fourth-order valence-corrected chi connectivity index (χ4v) is 3.14. The molecule has 0 aromatic rings. The van der Waals surface area contributed by atoms with Gasteiger partial charge in [0.05, 0.1) is 0 Å². The van der Waals surface area contributed by atoms with E-state index in [0.717, 1.165) is 19.3 Å². The standard InChI is InChI=1S/C13H21NO4/c1-13(2,3)18-11(15)10-7-8-5-4-6-9(8)14(10)12(16)17/h8-10H,4-7H2,1-3H3,(H,16,17)/t8-,9+,10?/m1/s1. The fraction of sp³-hybridized carbons (Fsp3) is 0.846. The van der Waals surface area contributed by atoms with E-state index in [-0.39, 0.29) is 6.04 Å². The Morgan fingerprint density at radius 2 is 1.94 bits per heavy atom. The summed E-state index contributed by atoms with van der Waals surface area (Å²) in [6.45, 7) is 5.39. The molecule has 0 aromatic carbocycles. The highest BCUT2D eigenvalue weighted by molar-refractivity contribution is 5.82. The van der Waals surface area contributed by atoms with Crippen molar-refractivity contribution >= 4 is 12.1 Å². The van der Waals surface area contributed by atoms with Crippen LogP contribution in [0.2, 0.25) is 0 Å². The smallest absolute Gasteiger partial charge is 0.408 e. The lowest BCUT2D eigenvalue weighted by molar-refractivity contribution is -0.160. The Morgan fingerprint density at radius 1 is 1.28 bits per heavy atom. The molecule has 0 bridgehead atoms. The number of ether oxygens (including phenoxy) is 1. The first-order valence-corrected chi connectivity index (χ1v) is 6.54. The van der Waals surface area contributed by atoms with Crippen molar-refractivity contribution in [1.82, 2.24) is 4.90 Å². The summed E-state index contributed by atoms with van der Waals surface area (Å²) in [5, 5.41) is 9.30. The predicted octanol–water partition coefficient (Wildman–Crippen LogP) is 2.25. The van der Waals surface area contributed by atoms with Crippen molar-refractivity contribution in [1.29, 1.82) is 0 Å². The Hall–Kier alpha value is -1.26. The largest absolute Gasteiger partial charge is 0.465 e. The molecular weight excluding hydrogens is 234 g/mol. The minimum Gasteiger partial charge on any atom is -0.465 e. The van der Waals surface area contributed by atoms with Crippen LogP contribution in [0.3, 0.4) is 0 Å². The van der Waals surface area contributed by atoms with Gasteiger partial charge < -0.3 is 9.84 Å². The van der Waals surface area contributed by atoms with Gasteiger partial charge >= 0.3 is 12.1 Å². The molecule has 2 rings (SSSR count). The van der Waals surface area contributed by atoms with Crippen molar-refractivity contribution in [3.8, 4) is 0 Å². The minimum atomic E-state index is -1.000. The lowest BCUT2D eigenvalue weighted by Crippen LogP contribution is -2.46. The van der Waals surface area contributed by atoms with Gasteiger partial charge in [0.25, 0.3) is 0 Å². The summed E-state index contributed by atoms with van der Waals surface area (Å²) in [4.78, 5) is 24.7. The van der Waals surface area contributed by atoms with Gasteiger partial charge in [0, 0.05) is 6.04 Å². The van der Waals surface area contributed by atoms with Gasteiger partial charge in [0.1, 0.15) is 11.6 Å². The highest BCUT2D eigenvalue weighted by Crippen LogP contribution is 2.41. The van der Waals surface area contributed by atoms with Crippen LogP contribution in [0.25, 0.3) is 0 Å². The third kappa shape index (κ3) is 2.44. The zero-order chi connectivity index (χ0) is 13.5. The monoisotopic (exact) mass is 255 g/mol. The number of hydrogen-bond acceptors (Lipinski definition) is 3. The maximum absolute atomic E-state index is 12.1. The van der Waals surface area contributed by atoms with E-state index in [4.69, 9.17) is 4.74 Å². The van der Waals surface area contributed by atoms with Crippen molar-refractivity contribution < 1.29 is 19.4 Å². The summed E-state index contributed by atoms with van der Waals surface area (Å²) in [7, 11) is 0. The van der Waals surface area contributed by atoms with Crippen LogP contribution in [0.15, 0.2) is 0 Å². The third-order valence-corrected chi connectivity index (χ3v) is 3.74. The highest BCUT2D eigenvalue weighted by atomic mass is 16.6. The van der Waals surface area contributed by atoms with Crippen LogP contribution in [0.4, 0.5) is 4.79 Å². The number of likely N-dealkylation sites (tertiary alicyclic amines) is 1. The number of rotatable bonds is 1. The summed E-state index contributed by atoms with van der Waals surface area (Å²) in [6, 6.07) is -0.600. The van der Waals surface area contributed by atoms with Crippen LogP contribution in [0.1, 0.15) is 46.5 Å². The molecule has 2 fully saturated rings. The first-order valence-electron chi connectivity index (χ1n) is 6.54. The Bertz CT molecular complexity index is 360. The van der Waals surface area contributed by atoms with Gasteiger partial charge in [0.2, 0.25) is 0 Å². The number of carboxylic acid groups (broad SMARTS) is 1. The summed E-state index contributed by atoms with van der Waals surface area (Å²) < 4.78 is 5.32. The van der Waals surface area contributed by atoms with E-state index in [9.17, 15) is 14.7 Å². The van der Waals surface area contributed by atoms with E-state index in [0.29, 0.717) is 12.3 Å². The van der Waals surface area contributed by atoms with E-state index in [1.54, 1.807) is 20.8 Å². The summed E-state index contributed by atoms with van der Waals surface area (Å²) >= 11 is 0. The second kappa shape index (κ2) is 4.44. The molecule has 5 nitrogen and oxygen atoms in total. The maximum Gasteiger partial charge on any atom is 0.408 e. The second-order valence-electron chi connectivity index (χ2n) is 6.23. The fourth-order valence-electron chi connectivity index (χ4n) is 3.14. The molecule has 1 aliphatic heterocycles. The second-order valence-corrected chi connectivity index (χ2v) is 6.23. The zero-order valence-electron chi connectivity index (χ0n) is 11.2. The van der Waals surface area contributed by atoms with Gasteiger partial charge in [0.15, 0.2) is 0 Å². The average Bonchev–Trinajstić information content (AvgIpc) is 2.70. The highest BCUT2D eigenvalue weighted by Gasteiger charge is 2.49. The van der Waals surface area contributed by atoms with Crippen molar-refractivity contribution in [3.05, 3.63) is 0 Å². The van der Waals surface area contributed by atoms with Gasteiger partial charge in [-0.2, -0.15) is 0 Å². The molecule has 1 heterocycles. The van der Waals surface area contributed by atoms with E-state index in [1.165, 1.54) is 4.90 Å². The minimum absolute atomic E-state index is 0.0139. The van der Waals surface area contributed by atoms with Crippen LogP contribution < -0.4 is 0 Å². The molecule has 3 atom stereocenters. The van der Waals surface area contributed by atoms with Crippen LogP contribution in [0.5, 0.6) is 0 Å². The Balaban J connectivity index is 2.12. The number of esters is 1. The van der Waals surface area contributed by atoms with Crippen LogP contribution >= 0.6 is 0 Å².